The third-order valence-corrected chi connectivity index (χ3v) is 5.63. The Hall–Kier alpha value is -2.84. The van der Waals surface area contributed by atoms with Crippen LogP contribution >= 0.6 is 0 Å². The van der Waals surface area contributed by atoms with Gasteiger partial charge in [-0.1, -0.05) is 18.2 Å². The molecule has 1 fully saturated rings. The smallest absolute Gasteiger partial charge is 0.266 e. The lowest BCUT2D eigenvalue weighted by Gasteiger charge is -2.15. The zero-order valence-corrected chi connectivity index (χ0v) is 16.3. The molecule has 0 N–H and O–H groups in total. The predicted molar refractivity (Wildman–Crippen MR) is 101 cm³/mol. The van der Waals surface area contributed by atoms with Crippen LogP contribution in [0.2, 0.25) is 0 Å². The topological polar surface area (TPSA) is 43.1 Å². The molecule has 1 unspecified atom stereocenters. The number of aryl methyl sites for hydroxylation is 1. The summed E-state index contributed by atoms with van der Waals surface area (Å²) in [5.74, 6) is -1.01. The van der Waals surface area contributed by atoms with Crippen LogP contribution in [0, 0.1) is 5.82 Å². The summed E-state index contributed by atoms with van der Waals surface area (Å²) in [6.45, 7) is 1.57. The van der Waals surface area contributed by atoms with Crippen LogP contribution in [0.3, 0.4) is 0 Å². The van der Waals surface area contributed by atoms with Crippen molar-refractivity contribution in [2.24, 2.45) is 12.0 Å². The molecule has 1 atom stereocenters. The Bertz CT molecular complexity index is 1170. The first-order valence-electron chi connectivity index (χ1n) is 9.45. The van der Waals surface area contributed by atoms with Gasteiger partial charge < -0.3 is 4.57 Å². The summed E-state index contributed by atoms with van der Waals surface area (Å²) in [6, 6.07) is 4.52. The van der Waals surface area contributed by atoms with Gasteiger partial charge in [0.15, 0.2) is 5.49 Å². The largest absolute Gasteiger partial charge is 0.334 e. The number of hydrogen-bond donors (Lipinski definition) is 0. The lowest BCUT2D eigenvalue weighted by atomic mass is 10.0. The minimum Gasteiger partial charge on any atom is -0.334 e. The summed E-state index contributed by atoms with van der Waals surface area (Å²) < 4.78 is 69.3. The molecule has 0 radical (unpaired) electrons. The second-order valence-electron chi connectivity index (χ2n) is 7.58. The van der Waals surface area contributed by atoms with E-state index in [1.807, 2.05) is 0 Å². The second kappa shape index (κ2) is 7.45. The highest BCUT2D eigenvalue weighted by Gasteiger charge is 2.53. The van der Waals surface area contributed by atoms with Crippen LogP contribution in [-0.2, 0) is 12.5 Å². The molecule has 9 heteroatoms. The molecule has 2 heterocycles. The Morgan fingerprint density at radius 1 is 1.10 bits per heavy atom. The number of rotatable bonds is 5. The molecule has 0 spiro atoms. The quantitative estimate of drug-likeness (QED) is 0.543. The fraction of sp³-hybridized carbons (Fsp3) is 0.381. The predicted octanol–water partition coefficient (Wildman–Crippen LogP) is 5.00. The van der Waals surface area contributed by atoms with E-state index in [-0.39, 0.29) is 16.7 Å². The SMILES string of the molecule is CC(/N=c1\ncn(C)c2cnc(C3(C(F)F)CC3)cc12)c1cccc(C(F)F)c1F. The Morgan fingerprint density at radius 3 is 2.43 bits per heavy atom. The average molecular weight is 422 g/mol. The standard InChI is InChI=1S/C21H19F5N4/c1-11(12-4-3-5-13(17(12)22)18(23)24)29-19-14-8-16(21(6-7-21)20(25)26)27-9-15(14)30(2)10-28-19/h3-5,8-11,18,20H,6-7H2,1-2H3/b29-19-. The number of alkyl halides is 4. The number of hydrogen-bond acceptors (Lipinski definition) is 3. The lowest BCUT2D eigenvalue weighted by Crippen LogP contribution is -2.21. The van der Waals surface area contributed by atoms with Crippen LogP contribution in [0.4, 0.5) is 22.0 Å². The molecule has 0 saturated heterocycles. The summed E-state index contributed by atoms with van der Waals surface area (Å²) in [7, 11) is 1.73. The van der Waals surface area contributed by atoms with Crippen molar-refractivity contribution in [3.63, 3.8) is 0 Å². The highest BCUT2D eigenvalue weighted by atomic mass is 19.3. The van der Waals surface area contributed by atoms with Gasteiger partial charge in [-0.3, -0.25) is 9.98 Å². The van der Waals surface area contributed by atoms with Crippen molar-refractivity contribution in [2.45, 2.75) is 44.1 Å². The third kappa shape index (κ3) is 3.36. The van der Waals surface area contributed by atoms with Gasteiger partial charge >= 0.3 is 0 Å². The van der Waals surface area contributed by atoms with Gasteiger partial charge in [0.2, 0.25) is 6.43 Å². The van der Waals surface area contributed by atoms with Gasteiger partial charge in [0, 0.05) is 18.0 Å². The molecule has 1 aromatic carbocycles. The number of nitrogens with zero attached hydrogens (tertiary/aromatic N) is 4. The maximum Gasteiger partial charge on any atom is 0.266 e. The van der Waals surface area contributed by atoms with Crippen molar-refractivity contribution < 1.29 is 22.0 Å². The van der Waals surface area contributed by atoms with Crippen LogP contribution in [0.1, 0.15) is 49.1 Å². The van der Waals surface area contributed by atoms with Crippen LogP contribution < -0.4 is 5.49 Å². The van der Waals surface area contributed by atoms with E-state index in [1.54, 1.807) is 24.6 Å². The van der Waals surface area contributed by atoms with Gasteiger partial charge in [0.25, 0.3) is 6.43 Å². The Balaban J connectivity index is 1.85. The monoisotopic (exact) mass is 422 g/mol. The van der Waals surface area contributed by atoms with Crippen molar-refractivity contribution in [3.8, 4) is 0 Å². The van der Waals surface area contributed by atoms with Crippen LogP contribution in [0.5, 0.6) is 0 Å². The Morgan fingerprint density at radius 2 is 1.80 bits per heavy atom. The van der Waals surface area contributed by atoms with E-state index in [1.165, 1.54) is 24.7 Å². The molecule has 158 valence electrons. The fourth-order valence-corrected chi connectivity index (χ4v) is 3.59. The summed E-state index contributed by atoms with van der Waals surface area (Å²) in [6.07, 6.45) is -1.78. The molecule has 4 rings (SSSR count). The average Bonchev–Trinajstić information content (AvgIpc) is 3.52. The fourth-order valence-electron chi connectivity index (χ4n) is 3.59. The lowest BCUT2D eigenvalue weighted by molar-refractivity contribution is 0.0999. The zero-order valence-electron chi connectivity index (χ0n) is 16.3. The summed E-state index contributed by atoms with van der Waals surface area (Å²) in [5, 5.41) is 0.495. The summed E-state index contributed by atoms with van der Waals surface area (Å²) >= 11 is 0. The molecule has 1 saturated carbocycles. The minimum absolute atomic E-state index is 0.0106. The Kier molecular flexibility index (Phi) is 5.07. The van der Waals surface area contributed by atoms with Crippen molar-refractivity contribution in [2.75, 3.05) is 0 Å². The summed E-state index contributed by atoms with van der Waals surface area (Å²) in [4.78, 5) is 12.9. The molecular weight excluding hydrogens is 403 g/mol. The van der Waals surface area contributed by atoms with Crippen molar-refractivity contribution in [1.29, 1.82) is 0 Å². The highest BCUT2D eigenvalue weighted by molar-refractivity contribution is 5.77. The number of pyridine rings is 1. The zero-order chi connectivity index (χ0) is 21.6. The number of halogens is 5. The van der Waals surface area contributed by atoms with E-state index in [2.05, 4.69) is 15.0 Å². The van der Waals surface area contributed by atoms with E-state index >= 15 is 0 Å². The minimum atomic E-state index is -2.94. The second-order valence-corrected chi connectivity index (χ2v) is 7.58. The molecule has 2 aromatic heterocycles. The van der Waals surface area contributed by atoms with E-state index in [0.29, 0.717) is 23.7 Å². The molecule has 0 amide bonds. The summed E-state index contributed by atoms with van der Waals surface area (Å²) in [5.41, 5.74) is -0.823. The molecule has 1 aliphatic rings. The third-order valence-electron chi connectivity index (χ3n) is 5.63. The number of aromatic nitrogens is 3. The van der Waals surface area contributed by atoms with Crippen molar-refractivity contribution >= 4 is 10.9 Å². The van der Waals surface area contributed by atoms with Gasteiger partial charge in [-0.2, -0.15) is 0 Å². The highest BCUT2D eigenvalue weighted by Crippen LogP contribution is 2.52. The molecular formula is C21H19F5N4. The first kappa shape index (κ1) is 20.4. The van der Waals surface area contributed by atoms with Crippen LogP contribution in [0.25, 0.3) is 10.9 Å². The maximum absolute atomic E-state index is 14.5. The first-order valence-corrected chi connectivity index (χ1v) is 9.45. The molecule has 3 aromatic rings. The van der Waals surface area contributed by atoms with Crippen LogP contribution in [-0.4, -0.2) is 21.0 Å². The maximum atomic E-state index is 14.5. The van der Waals surface area contributed by atoms with Crippen molar-refractivity contribution in [3.05, 3.63) is 64.9 Å². The molecule has 0 bridgehead atoms. The number of benzene rings is 1. The van der Waals surface area contributed by atoms with Gasteiger partial charge in [-0.05, 0) is 25.8 Å². The van der Waals surface area contributed by atoms with E-state index in [0.717, 1.165) is 6.07 Å². The molecule has 0 aliphatic heterocycles. The van der Waals surface area contributed by atoms with Gasteiger partial charge in [0.1, 0.15) is 5.82 Å². The number of fused-ring (bicyclic) bond motifs is 1. The van der Waals surface area contributed by atoms with E-state index in [9.17, 15) is 22.0 Å². The van der Waals surface area contributed by atoms with Crippen molar-refractivity contribution in [1.82, 2.24) is 14.5 Å². The van der Waals surface area contributed by atoms with E-state index < -0.39 is 35.7 Å². The van der Waals surface area contributed by atoms with Crippen LogP contribution in [0.15, 0.2) is 41.8 Å². The first-order chi connectivity index (χ1) is 14.2. The van der Waals surface area contributed by atoms with Gasteiger partial charge in [0.05, 0.1) is 40.8 Å². The molecule has 30 heavy (non-hydrogen) atoms. The molecule has 1 aliphatic carbocycles. The van der Waals surface area contributed by atoms with Gasteiger partial charge in [-0.15, -0.1) is 0 Å². The van der Waals surface area contributed by atoms with Gasteiger partial charge in [-0.25, -0.2) is 26.9 Å². The Labute approximate surface area is 169 Å². The van der Waals surface area contributed by atoms with E-state index in [4.69, 9.17) is 0 Å². The molecule has 4 nitrogen and oxygen atoms in total. The normalized spacial score (nSPS) is 17.2.